The Labute approximate surface area is 126 Å². The Morgan fingerprint density at radius 2 is 1.95 bits per heavy atom. The monoisotopic (exact) mass is 290 g/mol. The zero-order valence-corrected chi connectivity index (χ0v) is 13.6. The van der Waals surface area contributed by atoms with Crippen molar-refractivity contribution in [1.82, 2.24) is 4.57 Å². The second-order valence-corrected chi connectivity index (χ2v) is 6.68. The average Bonchev–Trinajstić information content (AvgIpc) is 2.43. The Kier molecular flexibility index (Phi) is 4.86. The summed E-state index contributed by atoms with van der Waals surface area (Å²) in [6.07, 6.45) is 2.96. The minimum absolute atomic E-state index is 0.146. The number of pyridine rings is 1. The molecule has 116 valence electrons. The van der Waals surface area contributed by atoms with E-state index in [1.165, 1.54) is 0 Å². The van der Waals surface area contributed by atoms with Crippen molar-refractivity contribution >= 4 is 12.0 Å². The van der Waals surface area contributed by atoms with Gasteiger partial charge < -0.3 is 9.47 Å². The first-order valence-corrected chi connectivity index (χ1v) is 7.88. The predicted molar refractivity (Wildman–Crippen MR) is 86.3 cm³/mol. The van der Waals surface area contributed by atoms with E-state index in [9.17, 15) is 9.59 Å². The molecular weight excluding hydrogens is 264 g/mol. The molecular formula is C17H26N2O2. The van der Waals surface area contributed by atoms with Gasteiger partial charge in [-0.2, -0.15) is 0 Å². The Balaban J connectivity index is 2.43. The van der Waals surface area contributed by atoms with E-state index < -0.39 is 0 Å². The molecule has 0 N–H and O–H groups in total. The van der Waals surface area contributed by atoms with Crippen LogP contribution in [0.25, 0.3) is 0 Å². The van der Waals surface area contributed by atoms with Crippen LogP contribution in [0.5, 0.6) is 0 Å². The first-order chi connectivity index (χ1) is 9.93. The number of carbonyl (C=O) groups is 1. The van der Waals surface area contributed by atoms with E-state index in [1.54, 1.807) is 4.57 Å². The second-order valence-electron chi connectivity index (χ2n) is 6.68. The van der Waals surface area contributed by atoms with Crippen LogP contribution < -0.4 is 10.5 Å². The molecule has 2 heterocycles. The summed E-state index contributed by atoms with van der Waals surface area (Å²) in [4.78, 5) is 26.2. The average molecular weight is 290 g/mol. The van der Waals surface area contributed by atoms with Gasteiger partial charge in [0.2, 0.25) is 0 Å². The molecule has 0 saturated carbocycles. The van der Waals surface area contributed by atoms with E-state index in [0.29, 0.717) is 18.0 Å². The van der Waals surface area contributed by atoms with Gasteiger partial charge in [0.25, 0.3) is 5.56 Å². The molecule has 1 aromatic heterocycles. The number of hydrogen-bond acceptors (Lipinski definition) is 3. The van der Waals surface area contributed by atoms with E-state index in [0.717, 1.165) is 49.5 Å². The molecule has 1 saturated heterocycles. The molecule has 0 bridgehead atoms. The number of aryl methyl sites for hydroxylation is 1. The number of aromatic nitrogens is 1. The zero-order chi connectivity index (χ0) is 15.6. The highest BCUT2D eigenvalue weighted by Gasteiger charge is 2.21. The molecule has 1 aromatic rings. The van der Waals surface area contributed by atoms with Crippen LogP contribution in [-0.2, 0) is 6.54 Å². The van der Waals surface area contributed by atoms with Gasteiger partial charge in [-0.25, -0.2) is 0 Å². The quantitative estimate of drug-likeness (QED) is 0.801. The number of piperidine rings is 1. The topological polar surface area (TPSA) is 42.3 Å². The standard InChI is InChI=1S/C17H26N2O2/c1-12(2)10-19-14(4)9-16(15(11-20)17(19)21)18-7-5-13(3)6-8-18/h9,11-13H,5-8,10H2,1-4H3. The highest BCUT2D eigenvalue weighted by molar-refractivity contribution is 5.84. The fourth-order valence-corrected chi connectivity index (χ4v) is 2.98. The van der Waals surface area contributed by atoms with Gasteiger partial charge in [-0.1, -0.05) is 20.8 Å². The molecule has 4 nitrogen and oxygen atoms in total. The van der Waals surface area contributed by atoms with Crippen molar-refractivity contribution in [1.29, 1.82) is 0 Å². The van der Waals surface area contributed by atoms with Crippen molar-refractivity contribution in [2.75, 3.05) is 18.0 Å². The molecule has 0 unspecified atom stereocenters. The largest absolute Gasteiger partial charge is 0.371 e. The summed E-state index contributed by atoms with van der Waals surface area (Å²) in [6, 6.07) is 2.00. The maximum atomic E-state index is 12.6. The predicted octanol–water partition coefficient (Wildman–Crippen LogP) is 2.86. The van der Waals surface area contributed by atoms with E-state index in [-0.39, 0.29) is 5.56 Å². The molecule has 1 aliphatic heterocycles. The van der Waals surface area contributed by atoms with Gasteiger partial charge in [-0.3, -0.25) is 9.59 Å². The Hall–Kier alpha value is -1.58. The molecule has 0 radical (unpaired) electrons. The highest BCUT2D eigenvalue weighted by atomic mass is 16.1. The highest BCUT2D eigenvalue weighted by Crippen LogP contribution is 2.25. The number of nitrogens with zero attached hydrogens (tertiary/aromatic N) is 2. The first kappa shape index (κ1) is 15.8. The fraction of sp³-hybridized carbons (Fsp3) is 0.647. The van der Waals surface area contributed by atoms with Crippen LogP contribution in [0.4, 0.5) is 5.69 Å². The van der Waals surface area contributed by atoms with Crippen LogP contribution in [0, 0.1) is 18.8 Å². The Bertz CT molecular complexity index is 567. The fourth-order valence-electron chi connectivity index (χ4n) is 2.98. The maximum Gasteiger partial charge on any atom is 0.263 e. The van der Waals surface area contributed by atoms with E-state index in [1.807, 2.05) is 13.0 Å². The molecule has 0 amide bonds. The minimum Gasteiger partial charge on any atom is -0.371 e. The van der Waals surface area contributed by atoms with Gasteiger partial charge in [0.05, 0.1) is 5.69 Å². The number of anilines is 1. The van der Waals surface area contributed by atoms with Gasteiger partial charge in [-0.05, 0) is 37.7 Å². The van der Waals surface area contributed by atoms with Crippen molar-refractivity contribution in [3.63, 3.8) is 0 Å². The molecule has 2 rings (SSSR count). The molecule has 0 aliphatic carbocycles. The third kappa shape index (κ3) is 3.36. The lowest BCUT2D eigenvalue weighted by atomic mass is 9.98. The van der Waals surface area contributed by atoms with E-state index in [2.05, 4.69) is 25.7 Å². The molecule has 0 spiro atoms. The summed E-state index contributed by atoms with van der Waals surface area (Å²) in [5, 5.41) is 0. The van der Waals surface area contributed by atoms with Crippen molar-refractivity contribution in [2.45, 2.75) is 47.1 Å². The van der Waals surface area contributed by atoms with Crippen molar-refractivity contribution in [3.8, 4) is 0 Å². The summed E-state index contributed by atoms with van der Waals surface area (Å²) in [6.45, 7) is 10.9. The molecule has 0 atom stereocenters. The minimum atomic E-state index is -0.146. The molecule has 1 aliphatic rings. The van der Waals surface area contributed by atoms with Gasteiger partial charge >= 0.3 is 0 Å². The van der Waals surface area contributed by atoms with Gasteiger partial charge in [-0.15, -0.1) is 0 Å². The van der Waals surface area contributed by atoms with Crippen LogP contribution in [-0.4, -0.2) is 23.9 Å². The van der Waals surface area contributed by atoms with Crippen LogP contribution in [0.1, 0.15) is 49.7 Å². The van der Waals surface area contributed by atoms with Crippen molar-refractivity contribution in [3.05, 3.63) is 27.7 Å². The van der Waals surface area contributed by atoms with Gasteiger partial charge in [0, 0.05) is 25.3 Å². The lowest BCUT2D eigenvalue weighted by Gasteiger charge is -2.33. The normalized spacial score (nSPS) is 16.5. The summed E-state index contributed by atoms with van der Waals surface area (Å²) in [7, 11) is 0. The summed E-state index contributed by atoms with van der Waals surface area (Å²) >= 11 is 0. The SMILES string of the molecule is Cc1cc(N2CCC(C)CC2)c(C=O)c(=O)n1CC(C)C. The van der Waals surface area contributed by atoms with Crippen LogP contribution >= 0.6 is 0 Å². The number of aldehydes is 1. The van der Waals surface area contributed by atoms with Gasteiger partial charge in [0.1, 0.15) is 5.56 Å². The number of carbonyl (C=O) groups excluding carboxylic acids is 1. The van der Waals surface area contributed by atoms with Crippen LogP contribution in [0.15, 0.2) is 10.9 Å². The number of hydrogen-bond donors (Lipinski definition) is 0. The Morgan fingerprint density at radius 3 is 2.48 bits per heavy atom. The van der Waals surface area contributed by atoms with Crippen molar-refractivity contribution in [2.24, 2.45) is 11.8 Å². The second kappa shape index (κ2) is 6.46. The molecule has 4 heteroatoms. The molecule has 0 aromatic carbocycles. The summed E-state index contributed by atoms with van der Waals surface area (Å²) in [5.74, 6) is 1.10. The van der Waals surface area contributed by atoms with E-state index in [4.69, 9.17) is 0 Å². The lowest BCUT2D eigenvalue weighted by molar-refractivity contribution is 0.112. The van der Waals surface area contributed by atoms with Crippen LogP contribution in [0.3, 0.4) is 0 Å². The summed E-state index contributed by atoms with van der Waals surface area (Å²) in [5.41, 5.74) is 1.93. The maximum absolute atomic E-state index is 12.6. The third-order valence-corrected chi connectivity index (χ3v) is 4.31. The zero-order valence-electron chi connectivity index (χ0n) is 13.6. The third-order valence-electron chi connectivity index (χ3n) is 4.31. The summed E-state index contributed by atoms with van der Waals surface area (Å²) < 4.78 is 1.73. The molecule has 21 heavy (non-hydrogen) atoms. The van der Waals surface area contributed by atoms with Crippen LogP contribution in [0.2, 0.25) is 0 Å². The smallest absolute Gasteiger partial charge is 0.263 e. The van der Waals surface area contributed by atoms with E-state index >= 15 is 0 Å². The van der Waals surface area contributed by atoms with Crippen molar-refractivity contribution < 1.29 is 4.79 Å². The number of rotatable bonds is 4. The lowest BCUT2D eigenvalue weighted by Crippen LogP contribution is -2.37. The molecule has 1 fully saturated rings. The Morgan fingerprint density at radius 1 is 1.33 bits per heavy atom. The van der Waals surface area contributed by atoms with Gasteiger partial charge in [0.15, 0.2) is 6.29 Å². The first-order valence-electron chi connectivity index (χ1n) is 7.88.